The molecule has 4 nitrogen and oxygen atoms in total. The van der Waals surface area contributed by atoms with Crippen molar-refractivity contribution in [2.24, 2.45) is 0 Å². The molecule has 1 aliphatic heterocycles. The Morgan fingerprint density at radius 3 is 2.50 bits per heavy atom. The average molecular weight is 425 g/mol. The van der Waals surface area contributed by atoms with Gasteiger partial charge in [0.2, 0.25) is 6.10 Å². The Morgan fingerprint density at radius 1 is 1.18 bits per heavy atom. The van der Waals surface area contributed by atoms with Gasteiger partial charge in [-0.25, -0.2) is 0 Å². The largest absolute Gasteiger partial charge is 0.473 e. The van der Waals surface area contributed by atoms with Crippen molar-refractivity contribution in [3.05, 3.63) is 77.8 Å². The smallest absolute Gasteiger partial charge is 0.291 e. The van der Waals surface area contributed by atoms with E-state index < -0.39 is 6.10 Å². The Hall–Kier alpha value is -1.66. The highest BCUT2D eigenvalue weighted by Gasteiger charge is 2.34. The molecule has 0 radical (unpaired) electrons. The number of fused-ring (bicyclic) bond motifs is 1. The highest BCUT2D eigenvalue weighted by molar-refractivity contribution is 9.11. The van der Waals surface area contributed by atoms with Gasteiger partial charge in [-0.15, -0.1) is 0 Å². The zero-order valence-electron chi connectivity index (χ0n) is 11.5. The predicted molar refractivity (Wildman–Crippen MR) is 91.4 cm³/mol. The van der Waals surface area contributed by atoms with Gasteiger partial charge in [-0.3, -0.25) is 10.1 Å². The molecule has 1 unspecified atom stereocenters. The number of nitro groups is 1. The summed E-state index contributed by atoms with van der Waals surface area (Å²) < 4.78 is 7.53. The number of ether oxygens (including phenoxy) is 1. The molecule has 3 rings (SSSR count). The second-order valence-corrected chi connectivity index (χ2v) is 6.81. The number of benzene rings is 2. The number of halogens is 2. The van der Waals surface area contributed by atoms with Crippen molar-refractivity contribution in [1.82, 2.24) is 0 Å². The molecule has 112 valence electrons. The second-order valence-electron chi connectivity index (χ2n) is 5.04. The first-order valence-electron chi connectivity index (χ1n) is 6.54. The number of hydrogen-bond acceptors (Lipinski definition) is 3. The standard InChI is InChI=1S/C16H11Br2NO3/c1-9-2-4-10(5-3-9)16-14(19(20)21)7-11-6-12(17)8-13(18)15(11)22-16/h2-8,16H,1H3. The maximum Gasteiger partial charge on any atom is 0.291 e. The molecule has 1 heterocycles. The Morgan fingerprint density at radius 2 is 1.86 bits per heavy atom. The molecule has 0 spiro atoms. The van der Waals surface area contributed by atoms with Crippen LogP contribution < -0.4 is 4.74 Å². The zero-order valence-corrected chi connectivity index (χ0v) is 14.7. The number of hydrogen-bond donors (Lipinski definition) is 0. The van der Waals surface area contributed by atoms with Crippen molar-refractivity contribution >= 4 is 37.9 Å². The third-order valence-electron chi connectivity index (χ3n) is 3.44. The summed E-state index contributed by atoms with van der Waals surface area (Å²) in [5.41, 5.74) is 2.56. The van der Waals surface area contributed by atoms with Gasteiger partial charge in [-0.05, 0) is 35.0 Å². The monoisotopic (exact) mass is 423 g/mol. The molecular formula is C16H11Br2NO3. The van der Waals surface area contributed by atoms with E-state index in [0.29, 0.717) is 11.3 Å². The number of aryl methyl sites for hydroxylation is 1. The summed E-state index contributed by atoms with van der Waals surface area (Å²) in [7, 11) is 0. The summed E-state index contributed by atoms with van der Waals surface area (Å²) in [4.78, 5) is 11.0. The van der Waals surface area contributed by atoms with E-state index in [4.69, 9.17) is 4.74 Å². The maximum atomic E-state index is 11.4. The minimum atomic E-state index is -0.722. The van der Waals surface area contributed by atoms with Crippen LogP contribution in [-0.2, 0) is 0 Å². The van der Waals surface area contributed by atoms with E-state index in [9.17, 15) is 10.1 Å². The summed E-state index contributed by atoms with van der Waals surface area (Å²) in [5.74, 6) is 0.611. The van der Waals surface area contributed by atoms with E-state index in [0.717, 1.165) is 20.1 Å². The molecule has 22 heavy (non-hydrogen) atoms. The molecule has 0 aromatic heterocycles. The normalized spacial score (nSPS) is 16.5. The Kier molecular flexibility index (Phi) is 4.06. The molecule has 0 amide bonds. The average Bonchev–Trinajstić information content (AvgIpc) is 2.47. The van der Waals surface area contributed by atoms with Crippen molar-refractivity contribution < 1.29 is 9.66 Å². The minimum absolute atomic E-state index is 0.0290. The fourth-order valence-corrected chi connectivity index (χ4v) is 3.71. The van der Waals surface area contributed by atoms with Crippen molar-refractivity contribution in [3.8, 4) is 5.75 Å². The molecule has 0 saturated carbocycles. The van der Waals surface area contributed by atoms with Crippen LogP contribution >= 0.6 is 31.9 Å². The number of rotatable bonds is 2. The lowest BCUT2D eigenvalue weighted by molar-refractivity contribution is -0.434. The van der Waals surface area contributed by atoms with Crippen LogP contribution in [0.3, 0.4) is 0 Å². The van der Waals surface area contributed by atoms with E-state index in [1.807, 2.05) is 37.3 Å². The van der Waals surface area contributed by atoms with Gasteiger partial charge in [-0.1, -0.05) is 45.8 Å². The van der Waals surface area contributed by atoms with E-state index >= 15 is 0 Å². The Bertz CT molecular complexity index is 785. The Balaban J connectivity index is 2.13. The van der Waals surface area contributed by atoms with Gasteiger partial charge >= 0.3 is 0 Å². The van der Waals surface area contributed by atoms with Crippen LogP contribution in [0.15, 0.2) is 51.0 Å². The van der Waals surface area contributed by atoms with Gasteiger partial charge in [-0.2, -0.15) is 0 Å². The molecular weight excluding hydrogens is 414 g/mol. The van der Waals surface area contributed by atoms with Crippen molar-refractivity contribution in [2.75, 3.05) is 0 Å². The van der Waals surface area contributed by atoms with Crippen molar-refractivity contribution in [2.45, 2.75) is 13.0 Å². The number of nitrogens with zero attached hydrogens (tertiary/aromatic N) is 1. The lowest BCUT2D eigenvalue weighted by atomic mass is 10.0. The first kappa shape index (κ1) is 15.2. The van der Waals surface area contributed by atoms with Gasteiger partial charge in [0.15, 0.2) is 0 Å². The molecule has 0 bridgehead atoms. The van der Waals surface area contributed by atoms with Crippen LogP contribution in [0, 0.1) is 17.0 Å². The first-order chi connectivity index (χ1) is 10.5. The van der Waals surface area contributed by atoms with Gasteiger partial charge in [0.25, 0.3) is 5.70 Å². The van der Waals surface area contributed by atoms with Gasteiger partial charge in [0.05, 0.1) is 9.40 Å². The molecule has 2 aromatic carbocycles. The fraction of sp³-hybridized carbons (Fsp3) is 0.125. The molecule has 1 atom stereocenters. The quantitative estimate of drug-likeness (QED) is 0.487. The van der Waals surface area contributed by atoms with Crippen LogP contribution in [0.5, 0.6) is 5.75 Å². The van der Waals surface area contributed by atoms with Crippen LogP contribution in [0.2, 0.25) is 0 Å². The topological polar surface area (TPSA) is 52.4 Å². The van der Waals surface area contributed by atoms with Crippen LogP contribution in [-0.4, -0.2) is 4.92 Å². The first-order valence-corrected chi connectivity index (χ1v) is 8.12. The summed E-state index contributed by atoms with van der Waals surface area (Å²) in [5, 5.41) is 11.4. The lowest BCUT2D eigenvalue weighted by Gasteiger charge is -2.24. The molecule has 0 saturated heterocycles. The molecule has 6 heteroatoms. The predicted octanol–water partition coefficient (Wildman–Crippen LogP) is 5.27. The molecule has 1 aliphatic rings. The van der Waals surface area contributed by atoms with E-state index in [1.54, 1.807) is 12.1 Å². The summed E-state index contributed by atoms with van der Waals surface area (Å²) >= 11 is 6.83. The highest BCUT2D eigenvalue weighted by atomic mass is 79.9. The van der Waals surface area contributed by atoms with E-state index in [1.165, 1.54) is 0 Å². The second kappa shape index (κ2) is 5.85. The molecule has 0 N–H and O–H groups in total. The van der Waals surface area contributed by atoms with Crippen molar-refractivity contribution in [1.29, 1.82) is 0 Å². The summed E-state index contributed by atoms with van der Waals surface area (Å²) in [6.45, 7) is 1.97. The summed E-state index contributed by atoms with van der Waals surface area (Å²) in [6, 6.07) is 11.2. The zero-order chi connectivity index (χ0) is 15.9. The van der Waals surface area contributed by atoms with Gasteiger partial charge in [0.1, 0.15) is 5.75 Å². The fourth-order valence-electron chi connectivity index (χ4n) is 2.35. The summed E-state index contributed by atoms with van der Waals surface area (Å²) in [6.07, 6.45) is 0.847. The minimum Gasteiger partial charge on any atom is -0.473 e. The Labute approximate surface area is 144 Å². The highest BCUT2D eigenvalue weighted by Crippen LogP contribution is 2.43. The van der Waals surface area contributed by atoms with Crippen LogP contribution in [0.1, 0.15) is 22.8 Å². The van der Waals surface area contributed by atoms with E-state index in [2.05, 4.69) is 31.9 Å². The molecule has 0 fully saturated rings. The molecule has 2 aromatic rings. The van der Waals surface area contributed by atoms with Crippen LogP contribution in [0.25, 0.3) is 6.08 Å². The maximum absolute atomic E-state index is 11.4. The third kappa shape index (κ3) is 2.80. The van der Waals surface area contributed by atoms with Gasteiger partial charge in [0, 0.05) is 21.7 Å². The third-order valence-corrected chi connectivity index (χ3v) is 4.48. The van der Waals surface area contributed by atoms with E-state index in [-0.39, 0.29) is 10.6 Å². The van der Waals surface area contributed by atoms with Crippen molar-refractivity contribution in [3.63, 3.8) is 0 Å². The molecule has 0 aliphatic carbocycles. The van der Waals surface area contributed by atoms with Gasteiger partial charge < -0.3 is 4.74 Å². The SMILES string of the molecule is Cc1ccc(C2Oc3c(Br)cc(Br)cc3C=C2[N+](=O)[O-])cc1. The lowest BCUT2D eigenvalue weighted by Crippen LogP contribution is -2.20. The van der Waals surface area contributed by atoms with Crippen LogP contribution in [0.4, 0.5) is 0 Å².